The molecule has 0 spiro atoms. The standard InChI is InChI=1S/C17H25NO3/c1-13(2)11-21-16-7-5-4-6-14(16)10-18(3)17(19)15-8-9-20-12-15/h4-7,13,15H,8-12H2,1-3H3/t15-/m1/s1. The van der Waals surface area contributed by atoms with Gasteiger partial charge in [0.25, 0.3) is 0 Å². The van der Waals surface area contributed by atoms with Crippen molar-refractivity contribution in [2.24, 2.45) is 11.8 Å². The van der Waals surface area contributed by atoms with Gasteiger partial charge < -0.3 is 14.4 Å². The maximum atomic E-state index is 12.3. The summed E-state index contributed by atoms with van der Waals surface area (Å²) in [5, 5.41) is 0. The fourth-order valence-corrected chi connectivity index (χ4v) is 2.41. The number of carbonyl (C=O) groups is 1. The molecule has 0 saturated carbocycles. The molecule has 0 unspecified atom stereocenters. The summed E-state index contributed by atoms with van der Waals surface area (Å²) in [6.45, 7) is 6.75. The van der Waals surface area contributed by atoms with E-state index in [4.69, 9.17) is 9.47 Å². The third-order valence-electron chi connectivity index (χ3n) is 3.61. The molecular weight excluding hydrogens is 266 g/mol. The van der Waals surface area contributed by atoms with E-state index in [1.54, 1.807) is 4.90 Å². The van der Waals surface area contributed by atoms with Gasteiger partial charge in [-0.3, -0.25) is 4.79 Å². The molecule has 4 heteroatoms. The van der Waals surface area contributed by atoms with Crippen LogP contribution in [-0.4, -0.2) is 37.7 Å². The molecule has 1 saturated heterocycles. The number of hydrogen-bond donors (Lipinski definition) is 0. The van der Waals surface area contributed by atoms with Crippen molar-refractivity contribution >= 4 is 5.91 Å². The molecule has 1 aliphatic rings. The zero-order chi connectivity index (χ0) is 15.2. The summed E-state index contributed by atoms with van der Waals surface area (Å²) in [4.78, 5) is 14.1. The quantitative estimate of drug-likeness (QED) is 0.809. The lowest BCUT2D eigenvalue weighted by atomic mass is 10.1. The number of amides is 1. The molecule has 0 radical (unpaired) electrons. The summed E-state index contributed by atoms with van der Waals surface area (Å²) in [6.07, 6.45) is 0.828. The molecule has 1 amide bonds. The first-order valence-corrected chi connectivity index (χ1v) is 7.61. The van der Waals surface area contributed by atoms with Crippen LogP contribution in [-0.2, 0) is 16.1 Å². The summed E-state index contributed by atoms with van der Waals surface area (Å²) in [5.74, 6) is 1.52. The second kappa shape index (κ2) is 7.46. The molecular formula is C17H25NO3. The first-order valence-electron chi connectivity index (χ1n) is 7.61. The number of ether oxygens (including phenoxy) is 2. The molecule has 1 atom stereocenters. The highest BCUT2D eigenvalue weighted by Gasteiger charge is 2.26. The van der Waals surface area contributed by atoms with E-state index in [1.807, 2.05) is 31.3 Å². The third kappa shape index (κ3) is 4.46. The van der Waals surface area contributed by atoms with Crippen LogP contribution in [0.1, 0.15) is 25.8 Å². The highest BCUT2D eigenvalue weighted by atomic mass is 16.5. The number of hydrogen-bond acceptors (Lipinski definition) is 3. The summed E-state index contributed by atoms with van der Waals surface area (Å²) in [6, 6.07) is 7.93. The van der Waals surface area contributed by atoms with Crippen LogP contribution in [0.25, 0.3) is 0 Å². The third-order valence-corrected chi connectivity index (χ3v) is 3.61. The van der Waals surface area contributed by atoms with Gasteiger partial charge in [-0.15, -0.1) is 0 Å². The van der Waals surface area contributed by atoms with E-state index in [9.17, 15) is 4.79 Å². The van der Waals surface area contributed by atoms with Gasteiger partial charge in [-0.05, 0) is 18.4 Å². The van der Waals surface area contributed by atoms with Crippen LogP contribution < -0.4 is 4.74 Å². The zero-order valence-electron chi connectivity index (χ0n) is 13.2. The molecule has 4 nitrogen and oxygen atoms in total. The van der Waals surface area contributed by atoms with Crippen molar-refractivity contribution in [3.8, 4) is 5.75 Å². The van der Waals surface area contributed by atoms with Crippen molar-refractivity contribution in [2.75, 3.05) is 26.9 Å². The molecule has 0 aliphatic carbocycles. The Labute approximate surface area is 127 Å². The molecule has 0 N–H and O–H groups in total. The predicted octanol–water partition coefficient (Wildman–Crippen LogP) is 2.72. The maximum absolute atomic E-state index is 12.3. The van der Waals surface area contributed by atoms with Crippen molar-refractivity contribution in [2.45, 2.75) is 26.8 Å². The van der Waals surface area contributed by atoms with E-state index in [0.717, 1.165) is 17.7 Å². The Morgan fingerprint density at radius 1 is 1.43 bits per heavy atom. The first-order chi connectivity index (χ1) is 10.1. The van der Waals surface area contributed by atoms with Crippen molar-refractivity contribution in [1.29, 1.82) is 0 Å². The lowest BCUT2D eigenvalue weighted by Gasteiger charge is -2.22. The fraction of sp³-hybridized carbons (Fsp3) is 0.588. The van der Waals surface area contributed by atoms with Gasteiger partial charge in [-0.25, -0.2) is 0 Å². The van der Waals surface area contributed by atoms with Crippen molar-refractivity contribution in [3.05, 3.63) is 29.8 Å². The van der Waals surface area contributed by atoms with Crippen LogP contribution in [0.15, 0.2) is 24.3 Å². The fourth-order valence-electron chi connectivity index (χ4n) is 2.41. The summed E-state index contributed by atoms with van der Waals surface area (Å²) in [5.41, 5.74) is 1.05. The smallest absolute Gasteiger partial charge is 0.228 e. The second-order valence-corrected chi connectivity index (χ2v) is 6.07. The minimum atomic E-state index is 0.0127. The number of para-hydroxylation sites is 1. The molecule has 0 aromatic heterocycles. The molecule has 0 bridgehead atoms. The van der Waals surface area contributed by atoms with E-state index in [0.29, 0.717) is 32.3 Å². The van der Waals surface area contributed by atoms with Crippen LogP contribution in [0.2, 0.25) is 0 Å². The Morgan fingerprint density at radius 2 is 2.19 bits per heavy atom. The van der Waals surface area contributed by atoms with Crippen LogP contribution in [0.4, 0.5) is 0 Å². The minimum Gasteiger partial charge on any atom is -0.493 e. The monoisotopic (exact) mass is 291 g/mol. The van der Waals surface area contributed by atoms with Gasteiger partial charge >= 0.3 is 0 Å². The average molecular weight is 291 g/mol. The average Bonchev–Trinajstić information content (AvgIpc) is 2.99. The molecule has 1 fully saturated rings. The Hall–Kier alpha value is -1.55. The van der Waals surface area contributed by atoms with E-state index >= 15 is 0 Å². The number of nitrogens with zero attached hydrogens (tertiary/aromatic N) is 1. The highest BCUT2D eigenvalue weighted by molar-refractivity contribution is 5.79. The zero-order valence-corrected chi connectivity index (χ0v) is 13.2. The molecule has 21 heavy (non-hydrogen) atoms. The maximum Gasteiger partial charge on any atom is 0.228 e. The molecule has 2 rings (SSSR count). The lowest BCUT2D eigenvalue weighted by molar-refractivity contribution is -0.134. The van der Waals surface area contributed by atoms with E-state index < -0.39 is 0 Å². The van der Waals surface area contributed by atoms with Crippen LogP contribution in [0.5, 0.6) is 5.75 Å². The molecule has 1 aromatic rings. The number of rotatable bonds is 6. The summed E-state index contributed by atoms with van der Waals surface area (Å²) >= 11 is 0. The molecule has 1 heterocycles. The number of carbonyl (C=O) groups excluding carboxylic acids is 1. The highest BCUT2D eigenvalue weighted by Crippen LogP contribution is 2.22. The lowest BCUT2D eigenvalue weighted by Crippen LogP contribution is -2.32. The first kappa shape index (κ1) is 15.8. The van der Waals surface area contributed by atoms with Gasteiger partial charge in [0, 0.05) is 25.8 Å². The van der Waals surface area contributed by atoms with Gasteiger partial charge in [0.15, 0.2) is 0 Å². The number of benzene rings is 1. The molecule has 116 valence electrons. The normalized spacial score (nSPS) is 18.0. The van der Waals surface area contributed by atoms with Crippen molar-refractivity contribution in [3.63, 3.8) is 0 Å². The SMILES string of the molecule is CC(C)COc1ccccc1CN(C)C(=O)[C@@H]1CCOC1. The topological polar surface area (TPSA) is 38.8 Å². The van der Waals surface area contributed by atoms with Gasteiger partial charge in [-0.2, -0.15) is 0 Å². The van der Waals surface area contributed by atoms with E-state index in [-0.39, 0.29) is 11.8 Å². The summed E-state index contributed by atoms with van der Waals surface area (Å²) < 4.78 is 11.1. The van der Waals surface area contributed by atoms with Crippen molar-refractivity contribution in [1.82, 2.24) is 4.90 Å². The van der Waals surface area contributed by atoms with E-state index in [1.165, 1.54) is 0 Å². The Bertz CT molecular complexity index is 467. The van der Waals surface area contributed by atoms with Gasteiger partial charge in [0.05, 0.1) is 19.1 Å². The predicted molar refractivity (Wildman–Crippen MR) is 82.2 cm³/mol. The van der Waals surface area contributed by atoms with Gasteiger partial charge in [-0.1, -0.05) is 32.0 Å². The van der Waals surface area contributed by atoms with Gasteiger partial charge in [0.2, 0.25) is 5.91 Å². The Balaban J connectivity index is 1.99. The Kier molecular flexibility index (Phi) is 5.62. The van der Waals surface area contributed by atoms with Gasteiger partial charge in [0.1, 0.15) is 5.75 Å². The Morgan fingerprint density at radius 3 is 2.86 bits per heavy atom. The molecule has 1 aliphatic heterocycles. The second-order valence-electron chi connectivity index (χ2n) is 6.07. The van der Waals surface area contributed by atoms with Crippen LogP contribution in [0.3, 0.4) is 0 Å². The minimum absolute atomic E-state index is 0.0127. The summed E-state index contributed by atoms with van der Waals surface area (Å²) in [7, 11) is 1.85. The molecule has 1 aromatic carbocycles. The van der Waals surface area contributed by atoms with Crippen LogP contribution in [0, 0.1) is 11.8 Å². The largest absolute Gasteiger partial charge is 0.493 e. The van der Waals surface area contributed by atoms with Crippen LogP contribution >= 0.6 is 0 Å². The van der Waals surface area contributed by atoms with Crippen molar-refractivity contribution < 1.29 is 14.3 Å². The van der Waals surface area contributed by atoms with E-state index in [2.05, 4.69) is 13.8 Å².